The van der Waals surface area contributed by atoms with Crippen LogP contribution in [0, 0.1) is 18.8 Å². The van der Waals surface area contributed by atoms with Gasteiger partial charge < -0.3 is 15.5 Å². The Morgan fingerprint density at radius 2 is 1.93 bits per heavy atom. The molecule has 1 aliphatic carbocycles. The van der Waals surface area contributed by atoms with Crippen molar-refractivity contribution in [1.82, 2.24) is 15.3 Å². The average Bonchev–Trinajstić information content (AvgIpc) is 2.94. The zero-order chi connectivity index (χ0) is 20.3. The summed E-state index contributed by atoms with van der Waals surface area (Å²) in [6.45, 7) is 1.62. The second-order valence-electron chi connectivity index (χ2n) is 7.25. The van der Waals surface area contributed by atoms with E-state index in [1.165, 1.54) is 12.1 Å². The highest BCUT2D eigenvalue weighted by atomic mass is 19.4. The monoisotopic (exact) mass is 395 g/mol. The van der Waals surface area contributed by atoms with Crippen molar-refractivity contribution >= 4 is 0 Å². The number of aryl methyl sites for hydroxylation is 1. The van der Waals surface area contributed by atoms with E-state index in [9.17, 15) is 23.4 Å². The number of rotatable bonds is 6. The van der Waals surface area contributed by atoms with Crippen LogP contribution >= 0.6 is 0 Å². The Morgan fingerprint density at radius 1 is 1.18 bits per heavy atom. The molecule has 3 N–H and O–H groups in total. The number of aromatic nitrogens is 2. The molecule has 2 aromatic rings. The molecule has 0 saturated heterocycles. The first-order valence-electron chi connectivity index (χ1n) is 9.25. The number of benzene rings is 1. The number of aliphatic hydroxyl groups excluding tert-OH is 2. The summed E-state index contributed by atoms with van der Waals surface area (Å²) in [5, 5.41) is 23.2. The fraction of sp³-hybridized carbons (Fsp3) is 0.500. The van der Waals surface area contributed by atoms with Gasteiger partial charge in [0, 0.05) is 37.0 Å². The number of hydrogen-bond donors (Lipinski definition) is 3. The second-order valence-corrected chi connectivity index (χ2v) is 7.25. The predicted molar refractivity (Wildman–Crippen MR) is 97.2 cm³/mol. The molecule has 8 heteroatoms. The lowest BCUT2D eigenvalue weighted by atomic mass is 9.88. The summed E-state index contributed by atoms with van der Waals surface area (Å²) in [5.74, 6) is 0.123. The van der Waals surface area contributed by atoms with Gasteiger partial charge in [-0.05, 0) is 43.4 Å². The zero-order valence-electron chi connectivity index (χ0n) is 15.5. The molecule has 4 atom stereocenters. The molecule has 1 aromatic carbocycles. The van der Waals surface area contributed by atoms with E-state index in [4.69, 9.17) is 0 Å². The van der Waals surface area contributed by atoms with E-state index in [2.05, 4.69) is 15.3 Å². The minimum atomic E-state index is -4.42. The Kier molecular flexibility index (Phi) is 6.32. The van der Waals surface area contributed by atoms with E-state index in [0.717, 1.165) is 11.8 Å². The number of alkyl halides is 3. The molecule has 1 aliphatic rings. The number of aliphatic hydroxyl groups is 2. The van der Waals surface area contributed by atoms with E-state index >= 15 is 0 Å². The fourth-order valence-electron chi connectivity index (χ4n) is 4.03. The van der Waals surface area contributed by atoms with Gasteiger partial charge in [-0.25, -0.2) is 9.97 Å². The molecule has 28 heavy (non-hydrogen) atoms. The maximum Gasteiger partial charge on any atom is 0.416 e. The minimum absolute atomic E-state index is 0.0323. The SMILES string of the molecule is Cc1nccc(CC2C(NCc3ccccc3C(F)(F)F)CC(O)C2CO)n1. The first-order chi connectivity index (χ1) is 13.3. The molecule has 4 unspecified atom stereocenters. The standard InChI is InChI=1S/C20H24F3N3O2/c1-12-24-7-6-14(26-12)8-15-16(11-27)19(28)9-18(15)25-10-13-4-2-3-5-17(13)20(21,22)23/h2-7,15-16,18-19,25,27-28H,8-11H2,1H3. The molecule has 0 amide bonds. The Balaban J connectivity index is 1.76. The molecule has 1 saturated carbocycles. The van der Waals surface area contributed by atoms with Crippen molar-refractivity contribution in [2.75, 3.05) is 6.61 Å². The summed E-state index contributed by atoms with van der Waals surface area (Å²) in [6.07, 6.45) is -2.61. The van der Waals surface area contributed by atoms with Crippen molar-refractivity contribution in [2.24, 2.45) is 11.8 Å². The normalized spacial score (nSPS) is 25.2. The Bertz CT molecular complexity index is 800. The molecule has 5 nitrogen and oxygen atoms in total. The van der Waals surface area contributed by atoms with Crippen LogP contribution in [0.5, 0.6) is 0 Å². The number of hydrogen-bond acceptors (Lipinski definition) is 5. The largest absolute Gasteiger partial charge is 0.416 e. The third-order valence-electron chi connectivity index (χ3n) is 5.42. The Morgan fingerprint density at radius 3 is 2.61 bits per heavy atom. The van der Waals surface area contributed by atoms with Gasteiger partial charge in [0.05, 0.1) is 11.7 Å². The summed E-state index contributed by atoms with van der Waals surface area (Å²) >= 11 is 0. The van der Waals surface area contributed by atoms with Gasteiger partial charge in [-0.2, -0.15) is 13.2 Å². The number of halogens is 3. The molecule has 0 aliphatic heterocycles. The third kappa shape index (κ3) is 4.68. The van der Waals surface area contributed by atoms with Gasteiger partial charge in [0.15, 0.2) is 0 Å². The lowest BCUT2D eigenvalue weighted by Crippen LogP contribution is -2.36. The van der Waals surface area contributed by atoms with E-state index < -0.39 is 17.8 Å². The first kappa shape index (κ1) is 20.7. The molecule has 3 rings (SSSR count). The van der Waals surface area contributed by atoms with Gasteiger partial charge in [-0.3, -0.25) is 0 Å². The topological polar surface area (TPSA) is 78.3 Å². The highest BCUT2D eigenvalue weighted by molar-refractivity contribution is 5.29. The maximum absolute atomic E-state index is 13.2. The van der Waals surface area contributed by atoms with Crippen LogP contribution in [0.4, 0.5) is 13.2 Å². The van der Waals surface area contributed by atoms with Crippen molar-refractivity contribution in [1.29, 1.82) is 0 Å². The number of nitrogens with one attached hydrogen (secondary N) is 1. The summed E-state index contributed by atoms with van der Waals surface area (Å²) in [5.41, 5.74) is 0.281. The van der Waals surface area contributed by atoms with Crippen molar-refractivity contribution in [3.8, 4) is 0 Å². The quantitative estimate of drug-likeness (QED) is 0.701. The lowest BCUT2D eigenvalue weighted by Gasteiger charge is -2.25. The van der Waals surface area contributed by atoms with Gasteiger partial charge >= 0.3 is 6.18 Å². The summed E-state index contributed by atoms with van der Waals surface area (Å²) < 4.78 is 39.6. The molecular weight excluding hydrogens is 371 g/mol. The van der Waals surface area contributed by atoms with E-state index in [-0.39, 0.29) is 36.6 Å². The van der Waals surface area contributed by atoms with Crippen LogP contribution in [0.25, 0.3) is 0 Å². The fourth-order valence-corrected chi connectivity index (χ4v) is 4.03. The van der Waals surface area contributed by atoms with Crippen molar-refractivity contribution in [3.63, 3.8) is 0 Å². The molecule has 0 radical (unpaired) electrons. The van der Waals surface area contributed by atoms with Crippen LogP contribution in [0.3, 0.4) is 0 Å². The van der Waals surface area contributed by atoms with Gasteiger partial charge in [-0.15, -0.1) is 0 Å². The van der Waals surface area contributed by atoms with Gasteiger partial charge in [-0.1, -0.05) is 18.2 Å². The zero-order valence-corrected chi connectivity index (χ0v) is 15.5. The van der Waals surface area contributed by atoms with Gasteiger partial charge in [0.25, 0.3) is 0 Å². The molecule has 1 heterocycles. The van der Waals surface area contributed by atoms with E-state index in [0.29, 0.717) is 18.7 Å². The number of nitrogens with zero attached hydrogens (tertiary/aromatic N) is 2. The molecular formula is C20H24F3N3O2. The third-order valence-corrected chi connectivity index (χ3v) is 5.42. The molecule has 0 bridgehead atoms. The predicted octanol–water partition coefficient (Wildman–Crippen LogP) is 2.49. The lowest BCUT2D eigenvalue weighted by molar-refractivity contribution is -0.138. The van der Waals surface area contributed by atoms with Crippen molar-refractivity contribution in [2.45, 2.75) is 44.6 Å². The molecule has 152 valence electrons. The average molecular weight is 395 g/mol. The highest BCUT2D eigenvalue weighted by Gasteiger charge is 2.42. The van der Waals surface area contributed by atoms with Crippen LogP contribution < -0.4 is 5.32 Å². The van der Waals surface area contributed by atoms with E-state index in [1.807, 2.05) is 0 Å². The minimum Gasteiger partial charge on any atom is -0.396 e. The first-order valence-corrected chi connectivity index (χ1v) is 9.25. The summed E-state index contributed by atoms with van der Waals surface area (Å²) in [7, 11) is 0. The van der Waals surface area contributed by atoms with Crippen LogP contribution in [-0.2, 0) is 19.1 Å². The van der Waals surface area contributed by atoms with Crippen molar-refractivity contribution < 1.29 is 23.4 Å². The maximum atomic E-state index is 13.2. The molecule has 1 fully saturated rings. The van der Waals surface area contributed by atoms with E-state index in [1.54, 1.807) is 25.3 Å². The summed E-state index contributed by atoms with van der Waals surface area (Å²) in [4.78, 5) is 8.44. The van der Waals surface area contributed by atoms with Crippen LogP contribution in [0.1, 0.15) is 29.1 Å². The van der Waals surface area contributed by atoms with Crippen LogP contribution in [-0.4, -0.2) is 38.9 Å². The smallest absolute Gasteiger partial charge is 0.396 e. The second kappa shape index (κ2) is 8.55. The summed E-state index contributed by atoms with van der Waals surface area (Å²) in [6, 6.07) is 7.01. The van der Waals surface area contributed by atoms with Gasteiger partial charge in [0.1, 0.15) is 5.82 Å². The molecule has 1 aromatic heterocycles. The van der Waals surface area contributed by atoms with Gasteiger partial charge in [0.2, 0.25) is 0 Å². The Labute approximate surface area is 161 Å². The van der Waals surface area contributed by atoms with Crippen LogP contribution in [0.15, 0.2) is 36.5 Å². The van der Waals surface area contributed by atoms with Crippen molar-refractivity contribution in [3.05, 3.63) is 59.2 Å². The van der Waals surface area contributed by atoms with Crippen LogP contribution in [0.2, 0.25) is 0 Å². The highest BCUT2D eigenvalue weighted by Crippen LogP contribution is 2.36. The molecule has 0 spiro atoms. The Hall–Kier alpha value is -2.03.